The van der Waals surface area contributed by atoms with Crippen molar-refractivity contribution >= 4 is 83.9 Å². The van der Waals surface area contributed by atoms with Gasteiger partial charge in [-0.1, -0.05) is 0 Å². The molecule has 0 atom stereocenters. The molecule has 5 aromatic carbocycles. The molecular weight excluding hydrogens is 767 g/mol. The molecule has 0 unspecified atom stereocenters. The zero-order valence-corrected chi connectivity index (χ0v) is 29.1. The van der Waals surface area contributed by atoms with Gasteiger partial charge in [-0.25, -0.2) is 0 Å². The van der Waals surface area contributed by atoms with Crippen LogP contribution >= 0.6 is 0 Å². The number of para-hydroxylation sites is 6. The number of fused-ring (bicyclic) bond motifs is 10. The van der Waals surface area contributed by atoms with Gasteiger partial charge in [-0.2, -0.15) is 0 Å². The fourth-order valence-electron chi connectivity index (χ4n) is 6.90. The van der Waals surface area contributed by atoms with Crippen LogP contribution in [0.3, 0.4) is 0 Å². The summed E-state index contributed by atoms with van der Waals surface area (Å²) in [4.78, 5) is 25.2. The van der Waals surface area contributed by atoms with Crippen LogP contribution in [0.4, 0.5) is 0 Å². The molecule has 46 heavy (non-hydrogen) atoms. The molecule has 10 aromatic rings. The van der Waals surface area contributed by atoms with Crippen molar-refractivity contribution in [2.24, 2.45) is 0 Å². The third kappa shape index (κ3) is 3.50. The maximum atomic E-state index is 5.21. The van der Waals surface area contributed by atoms with Crippen molar-refractivity contribution < 1.29 is 0 Å². The van der Waals surface area contributed by atoms with Gasteiger partial charge >= 0.3 is 278 Å². The number of benzene rings is 5. The van der Waals surface area contributed by atoms with Crippen LogP contribution in [0.25, 0.3) is 78.5 Å². The molecule has 0 aliphatic carbocycles. The summed E-state index contributed by atoms with van der Waals surface area (Å²) in [7, 11) is 0. The van der Waals surface area contributed by atoms with Crippen molar-refractivity contribution in [2.45, 2.75) is 6.92 Å². The first-order valence-electron chi connectivity index (χ1n) is 15.0. The van der Waals surface area contributed by atoms with E-state index in [1.54, 1.807) is 0 Å². The molecule has 0 aliphatic rings. The Morgan fingerprint density at radius 1 is 0.500 bits per heavy atom. The van der Waals surface area contributed by atoms with Crippen molar-refractivity contribution in [3.63, 3.8) is 0 Å². The van der Waals surface area contributed by atoms with Gasteiger partial charge in [-0.15, -0.1) is 0 Å². The van der Waals surface area contributed by atoms with Gasteiger partial charge in [0.15, 0.2) is 0 Å². The monoisotopic (exact) mass is 791 g/mol. The summed E-state index contributed by atoms with van der Waals surface area (Å²) in [6.07, 6.45) is 0. The molecule has 0 bridgehead atoms. The quantitative estimate of drug-likeness (QED) is 0.218. The normalized spacial score (nSPS) is 12.1. The first-order chi connectivity index (χ1) is 22.7. The van der Waals surface area contributed by atoms with E-state index in [4.69, 9.17) is 19.9 Å². The molecule has 0 spiro atoms. The molecule has 0 radical (unpaired) electrons. The van der Waals surface area contributed by atoms with Crippen molar-refractivity contribution in [1.29, 1.82) is 0 Å². The Morgan fingerprint density at radius 2 is 0.978 bits per heavy atom. The van der Waals surface area contributed by atoms with Crippen LogP contribution in [-0.4, -0.2) is 67.6 Å². The predicted octanol–water partition coefficient (Wildman–Crippen LogP) is 5.60. The van der Waals surface area contributed by atoms with Gasteiger partial charge in [-0.3, -0.25) is 0 Å². The van der Waals surface area contributed by atoms with Gasteiger partial charge in [0.05, 0.1) is 0 Å². The van der Waals surface area contributed by atoms with Crippen LogP contribution in [0.15, 0.2) is 115 Å². The van der Waals surface area contributed by atoms with Crippen molar-refractivity contribution in [3.05, 3.63) is 121 Å². The third-order valence-corrected chi connectivity index (χ3v) is 9.67. The molecule has 10 heteroatoms. The van der Waals surface area contributed by atoms with Crippen LogP contribution in [0.5, 0.6) is 0 Å². The Kier molecular flexibility index (Phi) is 5.34. The van der Waals surface area contributed by atoms with E-state index in [9.17, 15) is 0 Å². The Morgan fingerprint density at radius 3 is 1.48 bits per heavy atom. The molecule has 0 amide bonds. The number of aromatic nitrogens is 9. The zero-order chi connectivity index (χ0) is 30.5. The van der Waals surface area contributed by atoms with Gasteiger partial charge in [0.2, 0.25) is 0 Å². The molecule has 0 saturated heterocycles. The van der Waals surface area contributed by atoms with Gasteiger partial charge in [-0.05, 0) is 0 Å². The molecule has 0 aliphatic heterocycles. The van der Waals surface area contributed by atoms with Crippen LogP contribution in [0, 0.1) is 6.92 Å². The van der Waals surface area contributed by atoms with E-state index >= 15 is 0 Å². The summed E-state index contributed by atoms with van der Waals surface area (Å²) < 4.78 is 9.86. The molecule has 9 nitrogen and oxygen atoms in total. The van der Waals surface area contributed by atoms with E-state index in [1.807, 2.05) is 31.2 Å². The molecular formula is C36H24BiN9. The van der Waals surface area contributed by atoms with Gasteiger partial charge in [0.25, 0.3) is 0 Å². The second-order valence-corrected chi connectivity index (χ2v) is 13.4. The molecule has 218 valence electrons. The van der Waals surface area contributed by atoms with Crippen LogP contribution in [-0.2, 0) is 0 Å². The standard InChI is InChI=1S/C36H22N9.Bi.2H/c1-22-37-21-38-34(39-22)31-32-29(44-27-18-10-8-16-25(27)40-35(44)42(32)23-12-4-2-5-13-23)20-30-33(31)43(24-14-6-3-7-15-24)36-41-26-17-9-11-19-28(26)45(30)36;;;/h2-20H,1H3;;;. The zero-order valence-electron chi connectivity index (χ0n) is 24.6. The first kappa shape index (κ1) is 25.8. The van der Waals surface area contributed by atoms with E-state index in [2.05, 4.69) is 114 Å². The minimum absolute atomic E-state index is 0.449. The Balaban J connectivity index is 1.56. The topological polar surface area (TPSA) is 83.1 Å². The molecule has 0 N–H and O–H groups in total. The van der Waals surface area contributed by atoms with Crippen LogP contribution in [0.2, 0.25) is 0 Å². The predicted molar refractivity (Wildman–Crippen MR) is 184 cm³/mol. The maximum absolute atomic E-state index is 5.21. The second-order valence-electron chi connectivity index (χ2n) is 11.4. The first-order valence-corrected chi connectivity index (χ1v) is 17.3. The van der Waals surface area contributed by atoms with E-state index in [-0.39, 0.29) is 0 Å². The van der Waals surface area contributed by atoms with E-state index < -0.39 is 0 Å². The Hall–Kier alpha value is -5.47. The summed E-state index contributed by atoms with van der Waals surface area (Å²) in [5.41, 5.74) is 10.8. The minimum atomic E-state index is 0.449. The number of hydrogen-bond acceptors (Lipinski definition) is 5. The third-order valence-electron chi connectivity index (χ3n) is 8.66. The second kappa shape index (κ2) is 9.52. The number of nitrogens with zero attached hydrogens (tertiary/aromatic N) is 9. The molecule has 5 heterocycles. The molecule has 0 fully saturated rings. The Labute approximate surface area is 276 Å². The number of aryl methyl sites for hydroxylation is 1. The van der Waals surface area contributed by atoms with Gasteiger partial charge < -0.3 is 0 Å². The summed E-state index contributed by atoms with van der Waals surface area (Å²) in [6.45, 7) is 1.95. The number of hydrogen-bond donors (Lipinski definition) is 0. The summed E-state index contributed by atoms with van der Waals surface area (Å²) >= 11 is 0.449. The van der Waals surface area contributed by atoms with Crippen molar-refractivity contribution in [2.75, 3.05) is 0 Å². The fraction of sp³-hybridized carbons (Fsp3) is 0.0278. The van der Waals surface area contributed by atoms with E-state index in [0.717, 1.165) is 76.2 Å². The molecule has 5 aromatic heterocycles. The summed E-state index contributed by atoms with van der Waals surface area (Å²) in [6, 6.07) is 39.8. The van der Waals surface area contributed by atoms with Crippen molar-refractivity contribution in [1.82, 2.24) is 42.9 Å². The average molecular weight is 792 g/mol. The summed E-state index contributed by atoms with van der Waals surface area (Å²) in [5.74, 6) is 3.00. The van der Waals surface area contributed by atoms with Crippen LogP contribution in [0.1, 0.15) is 5.82 Å². The number of imidazole rings is 4. The average Bonchev–Trinajstić information content (AvgIpc) is 3.80. The van der Waals surface area contributed by atoms with E-state index in [0.29, 0.717) is 36.4 Å². The van der Waals surface area contributed by atoms with Gasteiger partial charge in [0, 0.05) is 0 Å². The van der Waals surface area contributed by atoms with E-state index in [1.165, 1.54) is 0 Å². The van der Waals surface area contributed by atoms with Gasteiger partial charge in [0.1, 0.15) is 0 Å². The fourth-order valence-corrected chi connectivity index (χ4v) is 8.10. The summed E-state index contributed by atoms with van der Waals surface area (Å²) in [5, 5.41) is 0. The SMILES string of the molecule is Cc1n[c]([BiH2])nc(-c2c3c(cc4c2n(-c2ccccc2)c2nc5ccccc5n42)n2c4ccccc4nc2n3-c2ccccc2)n1. The molecule has 10 rings (SSSR count). The van der Waals surface area contributed by atoms with Crippen LogP contribution < -0.4 is 3.53 Å². The van der Waals surface area contributed by atoms with Crippen molar-refractivity contribution in [3.8, 4) is 22.8 Å². The number of rotatable bonds is 3. The Bertz CT molecular complexity index is 2640. The molecule has 0 saturated carbocycles.